The van der Waals surface area contributed by atoms with Crippen LogP contribution in [0.25, 0.3) is 11.1 Å². The number of fused-ring (bicyclic) bond motifs is 3. The monoisotopic (exact) mass is 240 g/mol. The molecule has 0 radical (unpaired) electrons. The van der Waals surface area contributed by atoms with Crippen LogP contribution in [0.15, 0.2) is 36.4 Å². The van der Waals surface area contributed by atoms with Crippen molar-refractivity contribution in [1.29, 1.82) is 0 Å². The number of phenolic OH excluding ortho intramolecular Hbond substituents is 1. The zero-order chi connectivity index (χ0) is 12.7. The van der Waals surface area contributed by atoms with E-state index in [0.717, 1.165) is 23.3 Å². The number of aromatic hydroxyl groups is 1. The van der Waals surface area contributed by atoms with Gasteiger partial charge >= 0.3 is 0 Å². The van der Waals surface area contributed by atoms with E-state index in [1.54, 1.807) is 6.07 Å². The van der Waals surface area contributed by atoms with E-state index in [2.05, 4.69) is 12.1 Å². The van der Waals surface area contributed by atoms with Gasteiger partial charge in [-0.15, -0.1) is 0 Å². The normalized spacial score (nSPS) is 12.4. The lowest BCUT2D eigenvalue weighted by atomic mass is 10.0. The van der Waals surface area contributed by atoms with Gasteiger partial charge in [-0.05, 0) is 37.1 Å². The van der Waals surface area contributed by atoms with Crippen molar-refractivity contribution in [3.8, 4) is 22.6 Å². The molecule has 0 saturated heterocycles. The van der Waals surface area contributed by atoms with Crippen molar-refractivity contribution in [3.05, 3.63) is 47.5 Å². The molecular formula is C16H16O2. The molecular weight excluding hydrogens is 224 g/mol. The Labute approximate surface area is 107 Å². The highest BCUT2D eigenvalue weighted by Gasteiger charge is 2.25. The predicted molar refractivity (Wildman–Crippen MR) is 72.1 cm³/mol. The predicted octanol–water partition coefficient (Wildman–Crippen LogP) is 3.75. The zero-order valence-electron chi connectivity index (χ0n) is 10.6. The van der Waals surface area contributed by atoms with E-state index in [4.69, 9.17) is 4.74 Å². The fourth-order valence-electron chi connectivity index (χ4n) is 2.55. The van der Waals surface area contributed by atoms with Crippen molar-refractivity contribution in [3.63, 3.8) is 0 Å². The SMILES string of the molecule is CC(C)Oc1ccc(O)c2c1-c1ccccc1C2. The summed E-state index contributed by atoms with van der Waals surface area (Å²) >= 11 is 0. The molecule has 0 fully saturated rings. The molecule has 0 bridgehead atoms. The molecule has 0 aliphatic heterocycles. The standard InChI is InChI=1S/C16H16O2/c1-10(2)18-15-8-7-14(17)13-9-11-5-3-4-6-12(11)16(13)15/h3-8,10,17H,9H2,1-2H3. The number of phenols is 1. The molecule has 0 atom stereocenters. The molecule has 0 saturated carbocycles. The number of hydrogen-bond acceptors (Lipinski definition) is 2. The first-order valence-electron chi connectivity index (χ1n) is 6.26. The van der Waals surface area contributed by atoms with Gasteiger partial charge in [0.05, 0.1) is 6.10 Å². The second kappa shape index (κ2) is 4.05. The maximum atomic E-state index is 10.0. The molecule has 1 N–H and O–H groups in total. The molecule has 0 amide bonds. The zero-order valence-corrected chi connectivity index (χ0v) is 10.6. The number of ether oxygens (including phenoxy) is 1. The van der Waals surface area contributed by atoms with Gasteiger partial charge in [0.1, 0.15) is 11.5 Å². The van der Waals surface area contributed by atoms with Crippen molar-refractivity contribution < 1.29 is 9.84 Å². The lowest BCUT2D eigenvalue weighted by Gasteiger charge is -2.15. The summed E-state index contributed by atoms with van der Waals surface area (Å²) in [5, 5.41) is 10.0. The summed E-state index contributed by atoms with van der Waals surface area (Å²) in [5.41, 5.74) is 4.47. The van der Waals surface area contributed by atoms with Crippen LogP contribution in [0.5, 0.6) is 11.5 Å². The summed E-state index contributed by atoms with van der Waals surface area (Å²) in [6.07, 6.45) is 0.915. The first-order valence-corrected chi connectivity index (χ1v) is 6.26. The van der Waals surface area contributed by atoms with Crippen LogP contribution < -0.4 is 4.74 Å². The van der Waals surface area contributed by atoms with Gasteiger partial charge in [-0.1, -0.05) is 24.3 Å². The Balaban J connectivity index is 2.21. The smallest absolute Gasteiger partial charge is 0.128 e. The minimum absolute atomic E-state index is 0.131. The molecule has 18 heavy (non-hydrogen) atoms. The lowest BCUT2D eigenvalue weighted by molar-refractivity contribution is 0.243. The van der Waals surface area contributed by atoms with Crippen molar-refractivity contribution >= 4 is 0 Å². The molecule has 2 aromatic rings. The summed E-state index contributed by atoms with van der Waals surface area (Å²) in [4.78, 5) is 0. The average Bonchev–Trinajstić information content (AvgIpc) is 2.73. The Morgan fingerprint density at radius 3 is 2.67 bits per heavy atom. The topological polar surface area (TPSA) is 29.5 Å². The second-order valence-electron chi connectivity index (χ2n) is 4.94. The van der Waals surface area contributed by atoms with E-state index in [1.165, 1.54) is 11.1 Å². The first-order chi connectivity index (χ1) is 8.66. The molecule has 0 spiro atoms. The van der Waals surface area contributed by atoms with E-state index in [-0.39, 0.29) is 6.10 Å². The quantitative estimate of drug-likeness (QED) is 0.739. The van der Waals surface area contributed by atoms with Crippen LogP contribution in [0.3, 0.4) is 0 Å². The Bertz CT molecular complexity index is 600. The summed E-state index contributed by atoms with van der Waals surface area (Å²) in [5.74, 6) is 1.22. The fraction of sp³-hybridized carbons (Fsp3) is 0.250. The van der Waals surface area contributed by atoms with E-state index in [0.29, 0.717) is 5.75 Å². The maximum absolute atomic E-state index is 10.0. The average molecular weight is 240 g/mol. The van der Waals surface area contributed by atoms with Crippen LogP contribution in [-0.2, 0) is 6.42 Å². The van der Waals surface area contributed by atoms with Gasteiger partial charge in [0.2, 0.25) is 0 Å². The van der Waals surface area contributed by atoms with Crippen LogP contribution in [0, 0.1) is 0 Å². The molecule has 2 heteroatoms. The van der Waals surface area contributed by atoms with Gasteiger partial charge in [-0.2, -0.15) is 0 Å². The summed E-state index contributed by atoms with van der Waals surface area (Å²) in [6.45, 7) is 4.03. The van der Waals surface area contributed by atoms with Crippen LogP contribution in [-0.4, -0.2) is 11.2 Å². The summed E-state index contributed by atoms with van der Waals surface area (Å²) in [6, 6.07) is 11.8. The number of rotatable bonds is 2. The molecule has 0 unspecified atom stereocenters. The van der Waals surface area contributed by atoms with Crippen LogP contribution in [0.4, 0.5) is 0 Å². The highest BCUT2D eigenvalue weighted by molar-refractivity contribution is 5.83. The maximum Gasteiger partial charge on any atom is 0.128 e. The largest absolute Gasteiger partial charge is 0.508 e. The van der Waals surface area contributed by atoms with Crippen LogP contribution in [0.2, 0.25) is 0 Å². The second-order valence-corrected chi connectivity index (χ2v) is 4.94. The van der Waals surface area contributed by atoms with Gasteiger partial charge in [0.15, 0.2) is 0 Å². The van der Waals surface area contributed by atoms with Gasteiger partial charge in [-0.3, -0.25) is 0 Å². The molecule has 0 heterocycles. The summed E-state index contributed by atoms with van der Waals surface area (Å²) in [7, 11) is 0. The van der Waals surface area contributed by atoms with Crippen LogP contribution in [0.1, 0.15) is 25.0 Å². The van der Waals surface area contributed by atoms with E-state index < -0.39 is 0 Å². The third kappa shape index (κ3) is 1.65. The van der Waals surface area contributed by atoms with Gasteiger partial charge in [-0.25, -0.2) is 0 Å². The van der Waals surface area contributed by atoms with Gasteiger partial charge in [0, 0.05) is 17.5 Å². The highest BCUT2D eigenvalue weighted by atomic mass is 16.5. The third-order valence-electron chi connectivity index (χ3n) is 3.27. The number of hydrogen-bond donors (Lipinski definition) is 1. The summed E-state index contributed by atoms with van der Waals surface area (Å²) < 4.78 is 5.86. The van der Waals surface area contributed by atoms with Gasteiger partial charge in [0.25, 0.3) is 0 Å². The molecule has 2 aromatic carbocycles. The fourth-order valence-corrected chi connectivity index (χ4v) is 2.55. The molecule has 0 aromatic heterocycles. The van der Waals surface area contributed by atoms with Crippen molar-refractivity contribution in [2.24, 2.45) is 0 Å². The Morgan fingerprint density at radius 1 is 1.11 bits per heavy atom. The van der Waals surface area contributed by atoms with E-state index in [1.807, 2.05) is 32.0 Å². The van der Waals surface area contributed by atoms with Crippen LogP contribution >= 0.6 is 0 Å². The Hall–Kier alpha value is -1.96. The molecule has 92 valence electrons. The number of benzene rings is 2. The van der Waals surface area contributed by atoms with Crippen molar-refractivity contribution in [2.75, 3.05) is 0 Å². The minimum Gasteiger partial charge on any atom is -0.508 e. The molecule has 3 rings (SSSR count). The molecule has 2 nitrogen and oxygen atoms in total. The molecule has 1 aliphatic carbocycles. The van der Waals surface area contributed by atoms with Gasteiger partial charge < -0.3 is 9.84 Å². The first kappa shape index (κ1) is 11.1. The highest BCUT2D eigenvalue weighted by Crippen LogP contribution is 2.46. The van der Waals surface area contributed by atoms with Crippen molar-refractivity contribution in [1.82, 2.24) is 0 Å². The van der Waals surface area contributed by atoms with Crippen molar-refractivity contribution in [2.45, 2.75) is 26.4 Å². The Kier molecular flexibility index (Phi) is 2.51. The van der Waals surface area contributed by atoms with E-state index >= 15 is 0 Å². The lowest BCUT2D eigenvalue weighted by Crippen LogP contribution is -2.06. The van der Waals surface area contributed by atoms with E-state index in [9.17, 15) is 5.11 Å². The molecule has 1 aliphatic rings. The minimum atomic E-state index is 0.131. The third-order valence-corrected chi connectivity index (χ3v) is 3.27. The Morgan fingerprint density at radius 2 is 1.89 bits per heavy atom.